The molecule has 5 N–H and O–H groups in total. The average molecular weight is 659 g/mol. The van der Waals surface area contributed by atoms with Crippen molar-refractivity contribution in [2.75, 3.05) is 13.2 Å². The van der Waals surface area contributed by atoms with Crippen LogP contribution in [0.15, 0.2) is 11.6 Å². The normalized spacial score (nSPS) is 43.7. The monoisotopic (exact) mass is 658 g/mol. The maximum atomic E-state index is 13.3. The molecule has 5 rings (SSSR count). The van der Waals surface area contributed by atoms with Crippen molar-refractivity contribution in [1.29, 1.82) is 0 Å². The smallest absolute Gasteiger partial charge is 0.323 e. The van der Waals surface area contributed by atoms with Crippen LogP contribution >= 0.6 is 0 Å². The number of nitrogens with two attached hydrogens (primary N) is 2. The minimum atomic E-state index is -1.03. The van der Waals surface area contributed by atoms with Crippen LogP contribution < -0.4 is 11.5 Å². The van der Waals surface area contributed by atoms with E-state index in [4.69, 9.17) is 25.7 Å². The van der Waals surface area contributed by atoms with Gasteiger partial charge in [-0.05, 0) is 84.9 Å². The van der Waals surface area contributed by atoms with Gasteiger partial charge in [-0.15, -0.1) is 0 Å². The Bertz CT molecular complexity index is 1330. The van der Waals surface area contributed by atoms with Gasteiger partial charge in [0.15, 0.2) is 0 Å². The van der Waals surface area contributed by atoms with Crippen molar-refractivity contribution in [3.63, 3.8) is 0 Å². The Morgan fingerprint density at radius 1 is 1.02 bits per heavy atom. The van der Waals surface area contributed by atoms with Gasteiger partial charge in [0.25, 0.3) is 0 Å². The maximum Gasteiger partial charge on any atom is 0.323 e. The van der Waals surface area contributed by atoms with Crippen LogP contribution in [0.5, 0.6) is 0 Å². The summed E-state index contributed by atoms with van der Waals surface area (Å²) in [5.41, 5.74) is 10.6. The molecule has 1 aliphatic heterocycles. The topological polar surface area (TPSA) is 168 Å². The second kappa shape index (κ2) is 12.1. The van der Waals surface area contributed by atoms with Crippen LogP contribution in [0.1, 0.15) is 107 Å². The molecule has 1 unspecified atom stereocenters. The molecule has 1 saturated heterocycles. The van der Waals surface area contributed by atoms with Crippen LogP contribution in [0.3, 0.4) is 0 Å². The summed E-state index contributed by atoms with van der Waals surface area (Å²) in [4.78, 5) is 50.5. The highest BCUT2D eigenvalue weighted by atomic mass is 16.6. The number of esters is 2. The Morgan fingerprint density at radius 3 is 2.30 bits per heavy atom. The zero-order valence-corrected chi connectivity index (χ0v) is 29.7. The van der Waals surface area contributed by atoms with Gasteiger partial charge in [0.05, 0.1) is 19.1 Å². The Kier molecular flexibility index (Phi) is 9.26. The molecule has 4 fully saturated rings. The van der Waals surface area contributed by atoms with E-state index < -0.39 is 64.2 Å². The number of ether oxygens (including phenoxy) is 3. The lowest BCUT2D eigenvalue weighted by molar-refractivity contribution is -0.263. The van der Waals surface area contributed by atoms with E-state index in [1.807, 2.05) is 0 Å². The Labute approximate surface area is 280 Å². The molecule has 47 heavy (non-hydrogen) atoms. The summed E-state index contributed by atoms with van der Waals surface area (Å²) >= 11 is 0. The number of fused-ring (bicyclic) bond motifs is 3. The van der Waals surface area contributed by atoms with Gasteiger partial charge < -0.3 is 30.8 Å². The average Bonchev–Trinajstić information content (AvgIpc) is 2.97. The lowest BCUT2D eigenvalue weighted by Crippen LogP contribution is -2.70. The van der Waals surface area contributed by atoms with Gasteiger partial charge in [0, 0.05) is 24.2 Å². The molecule has 1 amide bonds. The summed E-state index contributed by atoms with van der Waals surface area (Å²) in [6.45, 7) is 17.7. The number of carbonyl (C=O) groups excluding carboxylic acids is 3. The molecule has 0 radical (unpaired) electrons. The standard InChI is InChI=1S/C37H58N2O8/c1-20(2)21(3)33(5)15-16-35(7)23-9-11-27-34(6)18-45-19-37(27,24(23)13-14-36(35,8)29(33)31(42)43)17-26(46-22(4)40)30(34)47-32(44)25(38)10-12-28(39)41/h13,20-21,23,25-27,29-30H,9-12,14-19,38H2,1-8H3,(H2,39,41)(H,42,43)/t21-,23+,25?,26-,27+,29-,30+,33-,34-,35-,36+,37+/m1/s1. The molecule has 0 aromatic rings. The first-order chi connectivity index (χ1) is 21.8. The first-order valence-corrected chi connectivity index (χ1v) is 17.7. The van der Waals surface area contributed by atoms with Gasteiger partial charge in [-0.2, -0.15) is 0 Å². The number of rotatable bonds is 9. The molecular weight excluding hydrogens is 600 g/mol. The molecule has 10 nitrogen and oxygen atoms in total. The second-order valence-corrected chi connectivity index (χ2v) is 17.2. The number of hydrogen-bond donors (Lipinski definition) is 3. The van der Waals surface area contributed by atoms with Crippen LogP contribution in [0.25, 0.3) is 0 Å². The molecule has 1 heterocycles. The van der Waals surface area contributed by atoms with E-state index in [0.717, 1.165) is 25.7 Å². The molecule has 0 aromatic carbocycles. The Morgan fingerprint density at radius 2 is 1.70 bits per heavy atom. The third kappa shape index (κ3) is 5.35. The number of aliphatic carboxylic acids is 1. The van der Waals surface area contributed by atoms with Crippen LogP contribution in [-0.4, -0.2) is 60.4 Å². The van der Waals surface area contributed by atoms with Gasteiger partial charge in [-0.3, -0.25) is 19.2 Å². The van der Waals surface area contributed by atoms with Crippen molar-refractivity contribution in [3.05, 3.63) is 11.6 Å². The molecule has 12 atom stereocenters. The lowest BCUT2D eigenvalue weighted by Gasteiger charge is -2.71. The minimum absolute atomic E-state index is 0.0358. The fourth-order valence-electron chi connectivity index (χ4n) is 11.7. The maximum absolute atomic E-state index is 13.3. The lowest BCUT2D eigenvalue weighted by atomic mass is 9.34. The zero-order valence-electron chi connectivity index (χ0n) is 29.7. The summed E-state index contributed by atoms with van der Waals surface area (Å²) < 4.78 is 18.6. The van der Waals surface area contributed by atoms with E-state index in [1.165, 1.54) is 12.5 Å². The number of carbonyl (C=O) groups is 4. The number of carboxylic acids is 1. The van der Waals surface area contributed by atoms with E-state index in [2.05, 4.69) is 54.5 Å². The Balaban J connectivity index is 1.55. The highest BCUT2D eigenvalue weighted by Crippen LogP contribution is 2.75. The summed E-state index contributed by atoms with van der Waals surface area (Å²) in [6, 6.07) is -1.03. The summed E-state index contributed by atoms with van der Waals surface area (Å²) in [5, 5.41) is 10.9. The highest BCUT2D eigenvalue weighted by Gasteiger charge is 2.72. The summed E-state index contributed by atoms with van der Waals surface area (Å²) in [5.74, 6) is -1.96. The number of hydrogen-bond acceptors (Lipinski definition) is 8. The predicted molar refractivity (Wildman–Crippen MR) is 175 cm³/mol. The molecule has 0 aromatic heterocycles. The predicted octanol–water partition coefficient (Wildman–Crippen LogP) is 5.01. The zero-order chi connectivity index (χ0) is 34.9. The van der Waals surface area contributed by atoms with Crippen molar-refractivity contribution in [3.8, 4) is 0 Å². The Hall–Kier alpha value is -2.46. The van der Waals surface area contributed by atoms with E-state index in [1.54, 1.807) is 0 Å². The van der Waals surface area contributed by atoms with Crippen molar-refractivity contribution in [2.24, 2.45) is 68.1 Å². The molecule has 2 bridgehead atoms. The van der Waals surface area contributed by atoms with Crippen LogP contribution in [0.4, 0.5) is 0 Å². The molecule has 3 saturated carbocycles. The molecular formula is C37H58N2O8. The molecule has 4 aliphatic carbocycles. The number of carboxylic acid groups (broad SMARTS) is 1. The molecule has 10 heteroatoms. The van der Waals surface area contributed by atoms with Gasteiger partial charge in [0.1, 0.15) is 18.2 Å². The number of primary amides is 1. The molecule has 264 valence electrons. The molecule has 5 aliphatic rings. The van der Waals surface area contributed by atoms with Crippen molar-refractivity contribution < 1.29 is 38.5 Å². The number of amides is 1. The number of allylic oxidation sites excluding steroid dienone is 1. The van der Waals surface area contributed by atoms with Crippen LogP contribution in [0.2, 0.25) is 0 Å². The molecule has 0 spiro atoms. The first kappa shape index (κ1) is 35.8. The van der Waals surface area contributed by atoms with Crippen LogP contribution in [0, 0.1) is 56.7 Å². The van der Waals surface area contributed by atoms with Gasteiger partial charge in [-0.1, -0.05) is 60.1 Å². The van der Waals surface area contributed by atoms with Crippen LogP contribution in [-0.2, 0) is 33.4 Å². The van der Waals surface area contributed by atoms with Crippen molar-refractivity contribution in [2.45, 2.75) is 125 Å². The van der Waals surface area contributed by atoms with Crippen molar-refractivity contribution >= 4 is 23.8 Å². The van der Waals surface area contributed by atoms with E-state index in [9.17, 15) is 24.3 Å². The quantitative estimate of drug-likeness (QED) is 0.228. The summed E-state index contributed by atoms with van der Waals surface area (Å²) in [6.07, 6.45) is 5.55. The van der Waals surface area contributed by atoms with E-state index in [-0.39, 0.29) is 41.4 Å². The summed E-state index contributed by atoms with van der Waals surface area (Å²) in [7, 11) is 0. The minimum Gasteiger partial charge on any atom is -0.481 e. The van der Waals surface area contributed by atoms with E-state index in [0.29, 0.717) is 32.0 Å². The van der Waals surface area contributed by atoms with Crippen molar-refractivity contribution in [1.82, 2.24) is 0 Å². The van der Waals surface area contributed by atoms with Gasteiger partial charge in [-0.25, -0.2) is 0 Å². The fourth-order valence-corrected chi connectivity index (χ4v) is 11.7. The van der Waals surface area contributed by atoms with E-state index >= 15 is 0 Å². The van der Waals surface area contributed by atoms with Gasteiger partial charge >= 0.3 is 17.9 Å². The first-order valence-electron chi connectivity index (χ1n) is 17.7. The second-order valence-electron chi connectivity index (χ2n) is 17.2. The highest BCUT2D eigenvalue weighted by molar-refractivity contribution is 5.78. The fraction of sp³-hybridized carbons (Fsp3) is 0.838. The third-order valence-electron chi connectivity index (χ3n) is 14.6. The van der Waals surface area contributed by atoms with Gasteiger partial charge in [0.2, 0.25) is 5.91 Å². The largest absolute Gasteiger partial charge is 0.481 e. The SMILES string of the molecule is CC(=O)O[C@@H]1C[C@@]23COC[C@](C)([C@@H]2CC[C@H]2C3=CC[C@@]3(C)[C@H](C(=O)O)[C@@](C)([C@H](C)C(C)C)CC[C@]23C)[C@H]1OC(=O)C(N)CCC(N)=O. The third-order valence-corrected chi connectivity index (χ3v) is 14.6.